The molecular formula is C9H9N3O2. The SMILES string of the molecule is Cc1ccnc2[nH]c(C(=O)O)c(N)c12. The third-order valence-corrected chi connectivity index (χ3v) is 2.16. The molecule has 0 spiro atoms. The van der Waals surface area contributed by atoms with Crippen LogP contribution in [0.15, 0.2) is 12.3 Å². The lowest BCUT2D eigenvalue weighted by molar-refractivity contribution is 0.0692. The predicted molar refractivity (Wildman–Crippen MR) is 52.2 cm³/mol. The molecule has 72 valence electrons. The lowest BCUT2D eigenvalue weighted by Gasteiger charge is -1.95. The number of nitrogens with zero attached hydrogens (tertiary/aromatic N) is 1. The minimum absolute atomic E-state index is 0.00167. The van der Waals surface area contributed by atoms with E-state index in [-0.39, 0.29) is 11.4 Å². The molecule has 0 aliphatic heterocycles. The number of hydrogen-bond donors (Lipinski definition) is 3. The Bertz CT molecular complexity index is 516. The van der Waals surface area contributed by atoms with Crippen LogP contribution in [0.5, 0.6) is 0 Å². The summed E-state index contributed by atoms with van der Waals surface area (Å²) in [6.45, 7) is 1.86. The van der Waals surface area contributed by atoms with E-state index in [2.05, 4.69) is 9.97 Å². The predicted octanol–water partition coefficient (Wildman–Crippen LogP) is 1.15. The van der Waals surface area contributed by atoms with Crippen molar-refractivity contribution >= 4 is 22.7 Å². The van der Waals surface area contributed by atoms with Crippen LogP contribution in [0.25, 0.3) is 11.0 Å². The summed E-state index contributed by atoms with van der Waals surface area (Å²) in [4.78, 5) is 17.4. The molecule has 14 heavy (non-hydrogen) atoms. The van der Waals surface area contributed by atoms with Gasteiger partial charge in [-0.15, -0.1) is 0 Å². The maximum atomic E-state index is 10.8. The van der Waals surface area contributed by atoms with Crippen molar-refractivity contribution in [1.82, 2.24) is 9.97 Å². The summed E-state index contributed by atoms with van der Waals surface area (Å²) in [5, 5.41) is 9.50. The van der Waals surface area contributed by atoms with Crippen LogP contribution in [0, 0.1) is 6.92 Å². The minimum atomic E-state index is -1.07. The number of pyridine rings is 1. The molecule has 2 rings (SSSR count). The fourth-order valence-electron chi connectivity index (χ4n) is 1.47. The largest absolute Gasteiger partial charge is 0.477 e. The van der Waals surface area contributed by atoms with E-state index in [0.29, 0.717) is 11.0 Å². The highest BCUT2D eigenvalue weighted by Crippen LogP contribution is 2.25. The summed E-state index contributed by atoms with van der Waals surface area (Å²) in [7, 11) is 0. The molecule has 5 nitrogen and oxygen atoms in total. The van der Waals surface area contributed by atoms with Crippen molar-refractivity contribution in [3.05, 3.63) is 23.5 Å². The van der Waals surface area contributed by atoms with Gasteiger partial charge in [0.05, 0.1) is 5.69 Å². The van der Waals surface area contributed by atoms with Gasteiger partial charge in [0.2, 0.25) is 0 Å². The van der Waals surface area contributed by atoms with Gasteiger partial charge in [-0.1, -0.05) is 0 Å². The highest BCUT2D eigenvalue weighted by atomic mass is 16.4. The topological polar surface area (TPSA) is 92.0 Å². The van der Waals surface area contributed by atoms with E-state index in [1.165, 1.54) is 0 Å². The van der Waals surface area contributed by atoms with Gasteiger partial charge in [-0.25, -0.2) is 9.78 Å². The summed E-state index contributed by atoms with van der Waals surface area (Å²) >= 11 is 0. The summed E-state index contributed by atoms with van der Waals surface area (Å²) in [6, 6.07) is 1.79. The molecule has 4 N–H and O–H groups in total. The number of carboxylic acids is 1. The van der Waals surface area contributed by atoms with Crippen molar-refractivity contribution in [2.24, 2.45) is 0 Å². The molecule has 0 aromatic carbocycles. The number of aromatic carboxylic acids is 1. The van der Waals surface area contributed by atoms with Crippen LogP contribution in [-0.2, 0) is 0 Å². The quantitative estimate of drug-likeness (QED) is 0.630. The van der Waals surface area contributed by atoms with Crippen LogP contribution < -0.4 is 5.73 Å². The summed E-state index contributed by atoms with van der Waals surface area (Å²) in [5.41, 5.74) is 7.37. The van der Waals surface area contributed by atoms with Gasteiger partial charge >= 0.3 is 5.97 Å². The first-order valence-corrected chi connectivity index (χ1v) is 4.07. The Morgan fingerprint density at radius 1 is 1.64 bits per heavy atom. The molecule has 0 saturated heterocycles. The van der Waals surface area contributed by atoms with Gasteiger partial charge in [-0.2, -0.15) is 0 Å². The van der Waals surface area contributed by atoms with Crippen LogP contribution >= 0.6 is 0 Å². The number of anilines is 1. The van der Waals surface area contributed by atoms with Crippen molar-refractivity contribution in [3.8, 4) is 0 Å². The Balaban J connectivity index is 2.87. The average Bonchev–Trinajstić information content (AvgIpc) is 2.45. The van der Waals surface area contributed by atoms with Crippen molar-refractivity contribution in [3.63, 3.8) is 0 Å². The zero-order valence-electron chi connectivity index (χ0n) is 7.53. The maximum Gasteiger partial charge on any atom is 0.354 e. The highest BCUT2D eigenvalue weighted by Gasteiger charge is 2.15. The number of nitrogens with two attached hydrogens (primary N) is 1. The lowest BCUT2D eigenvalue weighted by atomic mass is 10.2. The number of nitrogens with one attached hydrogen (secondary N) is 1. The standard InChI is InChI=1S/C9H9N3O2/c1-4-2-3-11-8-5(4)6(10)7(12-8)9(13)14/h2-3H,10H2,1H3,(H,11,12)(H,13,14). The number of hydrogen-bond acceptors (Lipinski definition) is 3. The molecule has 0 amide bonds. The van der Waals surface area contributed by atoms with Crippen molar-refractivity contribution in [1.29, 1.82) is 0 Å². The maximum absolute atomic E-state index is 10.8. The second kappa shape index (κ2) is 2.73. The number of rotatable bonds is 1. The number of aryl methyl sites for hydroxylation is 1. The van der Waals surface area contributed by atoms with Gasteiger partial charge in [-0.3, -0.25) is 0 Å². The number of aromatic nitrogens is 2. The molecule has 0 saturated carbocycles. The van der Waals surface area contributed by atoms with Crippen molar-refractivity contribution in [2.75, 3.05) is 5.73 Å². The zero-order chi connectivity index (χ0) is 10.3. The van der Waals surface area contributed by atoms with Gasteiger partial charge in [0.25, 0.3) is 0 Å². The van der Waals surface area contributed by atoms with E-state index in [9.17, 15) is 4.79 Å². The van der Waals surface area contributed by atoms with E-state index >= 15 is 0 Å². The Morgan fingerprint density at radius 2 is 2.36 bits per heavy atom. The third kappa shape index (κ3) is 1.02. The van der Waals surface area contributed by atoms with Crippen LogP contribution in [0.2, 0.25) is 0 Å². The Labute approximate surface area is 79.6 Å². The molecular weight excluding hydrogens is 182 g/mol. The van der Waals surface area contributed by atoms with Crippen LogP contribution in [0.4, 0.5) is 5.69 Å². The minimum Gasteiger partial charge on any atom is -0.477 e. The summed E-state index contributed by atoms with van der Waals surface area (Å²) < 4.78 is 0. The summed E-state index contributed by atoms with van der Waals surface area (Å²) in [5.74, 6) is -1.07. The Kier molecular flexibility index (Phi) is 1.67. The summed E-state index contributed by atoms with van der Waals surface area (Å²) in [6.07, 6.45) is 1.61. The molecule has 0 aliphatic rings. The zero-order valence-corrected chi connectivity index (χ0v) is 7.53. The van der Waals surface area contributed by atoms with Crippen molar-refractivity contribution in [2.45, 2.75) is 6.92 Å². The molecule has 2 heterocycles. The molecule has 2 aromatic heterocycles. The Hall–Kier alpha value is -2.04. The van der Waals surface area contributed by atoms with Gasteiger partial charge in [0, 0.05) is 11.6 Å². The molecule has 0 fully saturated rings. The van der Waals surface area contributed by atoms with Crippen LogP contribution in [0.3, 0.4) is 0 Å². The first kappa shape index (κ1) is 8.55. The number of carbonyl (C=O) groups is 1. The second-order valence-corrected chi connectivity index (χ2v) is 3.07. The first-order valence-electron chi connectivity index (χ1n) is 4.07. The molecule has 0 unspecified atom stereocenters. The molecule has 0 aliphatic carbocycles. The fourth-order valence-corrected chi connectivity index (χ4v) is 1.47. The van der Waals surface area contributed by atoms with Crippen LogP contribution in [-0.4, -0.2) is 21.0 Å². The number of aromatic amines is 1. The second-order valence-electron chi connectivity index (χ2n) is 3.07. The van der Waals surface area contributed by atoms with Gasteiger partial charge in [-0.05, 0) is 18.6 Å². The number of fused-ring (bicyclic) bond motifs is 1. The fraction of sp³-hybridized carbons (Fsp3) is 0.111. The molecule has 5 heteroatoms. The van der Waals surface area contributed by atoms with Gasteiger partial charge in [0.15, 0.2) is 0 Å². The molecule has 0 atom stereocenters. The molecule has 0 bridgehead atoms. The number of carboxylic acid groups (broad SMARTS) is 1. The van der Waals surface area contributed by atoms with Crippen molar-refractivity contribution < 1.29 is 9.90 Å². The highest BCUT2D eigenvalue weighted by molar-refractivity contribution is 6.04. The average molecular weight is 191 g/mol. The van der Waals surface area contributed by atoms with Gasteiger partial charge < -0.3 is 15.8 Å². The van der Waals surface area contributed by atoms with E-state index in [1.54, 1.807) is 12.3 Å². The number of nitrogen functional groups attached to an aromatic ring is 1. The Morgan fingerprint density at radius 3 is 2.93 bits per heavy atom. The van der Waals surface area contributed by atoms with E-state index < -0.39 is 5.97 Å². The monoisotopic (exact) mass is 191 g/mol. The van der Waals surface area contributed by atoms with E-state index in [1.807, 2.05) is 6.92 Å². The smallest absolute Gasteiger partial charge is 0.354 e. The normalized spacial score (nSPS) is 10.6. The van der Waals surface area contributed by atoms with Crippen LogP contribution in [0.1, 0.15) is 16.1 Å². The lowest BCUT2D eigenvalue weighted by Crippen LogP contribution is -2.00. The molecule has 2 aromatic rings. The molecule has 0 radical (unpaired) electrons. The third-order valence-electron chi connectivity index (χ3n) is 2.16. The number of H-pyrrole nitrogens is 1. The first-order chi connectivity index (χ1) is 6.61. The van der Waals surface area contributed by atoms with E-state index in [0.717, 1.165) is 5.56 Å². The van der Waals surface area contributed by atoms with Gasteiger partial charge in [0.1, 0.15) is 11.3 Å². The van der Waals surface area contributed by atoms with E-state index in [4.69, 9.17) is 10.8 Å².